The van der Waals surface area contributed by atoms with E-state index in [2.05, 4.69) is 65.8 Å². The molecule has 566 valence electrons. The van der Waals surface area contributed by atoms with Crippen molar-refractivity contribution in [3.63, 3.8) is 0 Å². The van der Waals surface area contributed by atoms with Crippen molar-refractivity contribution in [1.29, 1.82) is 0 Å². The lowest BCUT2D eigenvalue weighted by atomic mass is 10.0. The highest BCUT2D eigenvalue weighted by Gasteiger charge is 2.30. The summed E-state index contributed by atoms with van der Waals surface area (Å²) in [5.41, 5.74) is 0. The van der Waals surface area contributed by atoms with Gasteiger partial charge in [-0.15, -0.1) is 0 Å². The largest absolute Gasteiger partial charge is 0.472 e. The monoisotopic (exact) mass is 1410 g/mol. The number of hydrogen-bond donors (Lipinski definition) is 3. The normalized spacial score (nSPS) is 14.2. The summed E-state index contributed by atoms with van der Waals surface area (Å²) in [7, 11) is -9.92. The molecule has 0 fully saturated rings. The van der Waals surface area contributed by atoms with Crippen molar-refractivity contribution < 1.29 is 80.2 Å². The molecule has 2 unspecified atom stereocenters. The van der Waals surface area contributed by atoms with Crippen LogP contribution in [0, 0.1) is 11.8 Å². The first-order valence-corrected chi connectivity index (χ1v) is 42.3. The molecule has 0 spiro atoms. The van der Waals surface area contributed by atoms with E-state index in [1.807, 2.05) is 0 Å². The summed E-state index contributed by atoms with van der Waals surface area (Å²) in [5, 5.41) is 10.6. The van der Waals surface area contributed by atoms with Crippen molar-refractivity contribution >= 4 is 39.5 Å². The fraction of sp³-hybridized carbons (Fsp3) is 0.896. The Bertz CT molecular complexity index is 1950. The van der Waals surface area contributed by atoms with Gasteiger partial charge >= 0.3 is 39.5 Å². The molecule has 96 heavy (non-hydrogen) atoms. The Kier molecular flexibility index (Phi) is 66.6. The molecule has 0 aliphatic rings. The van der Waals surface area contributed by atoms with Crippen LogP contribution in [-0.4, -0.2) is 96.7 Å². The lowest BCUT2D eigenvalue weighted by Crippen LogP contribution is -2.30. The van der Waals surface area contributed by atoms with E-state index < -0.39 is 97.5 Å². The molecule has 0 radical (unpaired) electrons. The number of aliphatic hydroxyl groups excluding tert-OH is 1. The van der Waals surface area contributed by atoms with Gasteiger partial charge < -0.3 is 33.8 Å². The first-order chi connectivity index (χ1) is 46.4. The second kappa shape index (κ2) is 68.3. The van der Waals surface area contributed by atoms with Gasteiger partial charge in [0.2, 0.25) is 0 Å². The molecule has 0 saturated heterocycles. The smallest absolute Gasteiger partial charge is 0.462 e. The lowest BCUT2D eigenvalue weighted by Gasteiger charge is -2.21. The van der Waals surface area contributed by atoms with Gasteiger partial charge in [0.1, 0.15) is 19.3 Å². The van der Waals surface area contributed by atoms with E-state index >= 15 is 0 Å². The molecule has 0 amide bonds. The molecular weight excluding hydrogens is 1260 g/mol. The molecule has 0 bridgehead atoms. The summed E-state index contributed by atoms with van der Waals surface area (Å²) in [6.07, 6.45) is 59.1. The minimum atomic E-state index is -4.97. The second-order valence-corrected chi connectivity index (χ2v) is 30.9. The van der Waals surface area contributed by atoms with Crippen molar-refractivity contribution in [1.82, 2.24) is 0 Å². The highest BCUT2D eigenvalue weighted by atomic mass is 31.2. The van der Waals surface area contributed by atoms with Crippen LogP contribution in [0.4, 0.5) is 0 Å². The van der Waals surface area contributed by atoms with Crippen LogP contribution in [0.25, 0.3) is 0 Å². The predicted octanol–water partition coefficient (Wildman–Crippen LogP) is 22.3. The topological polar surface area (TPSA) is 237 Å². The maximum Gasteiger partial charge on any atom is 0.472 e. The Labute approximate surface area is 586 Å². The van der Waals surface area contributed by atoms with Crippen molar-refractivity contribution in [2.24, 2.45) is 11.8 Å². The maximum absolute atomic E-state index is 13.1. The van der Waals surface area contributed by atoms with E-state index in [0.717, 1.165) is 121 Å². The van der Waals surface area contributed by atoms with Crippen LogP contribution in [0.2, 0.25) is 0 Å². The van der Waals surface area contributed by atoms with E-state index in [9.17, 15) is 43.2 Å². The minimum Gasteiger partial charge on any atom is -0.462 e. The third-order valence-electron chi connectivity index (χ3n) is 17.3. The number of aliphatic hydroxyl groups is 1. The number of carbonyl (C=O) groups is 4. The molecule has 0 saturated carbocycles. The number of ether oxygens (including phenoxy) is 4. The van der Waals surface area contributed by atoms with Crippen molar-refractivity contribution in [3.05, 3.63) is 24.3 Å². The Morgan fingerprint density at radius 2 is 0.562 bits per heavy atom. The molecule has 19 heteroatoms. The number of phosphoric acid groups is 2. The first kappa shape index (κ1) is 93.5. The van der Waals surface area contributed by atoms with Crippen LogP contribution < -0.4 is 0 Å². The van der Waals surface area contributed by atoms with Crippen molar-refractivity contribution in [2.45, 2.75) is 394 Å². The van der Waals surface area contributed by atoms with Gasteiger partial charge in [-0.05, 0) is 63.2 Å². The summed E-state index contributed by atoms with van der Waals surface area (Å²) < 4.78 is 68.5. The zero-order valence-corrected chi connectivity index (χ0v) is 63.9. The van der Waals surface area contributed by atoms with Crippen LogP contribution in [-0.2, 0) is 65.4 Å². The van der Waals surface area contributed by atoms with Gasteiger partial charge in [0.15, 0.2) is 12.2 Å². The summed E-state index contributed by atoms with van der Waals surface area (Å²) in [6, 6.07) is 0. The first-order valence-electron chi connectivity index (χ1n) is 39.3. The molecule has 3 N–H and O–H groups in total. The maximum atomic E-state index is 13.1. The number of carbonyl (C=O) groups excluding carboxylic acids is 4. The third-order valence-corrected chi connectivity index (χ3v) is 19.2. The van der Waals surface area contributed by atoms with E-state index in [4.69, 9.17) is 37.0 Å². The van der Waals surface area contributed by atoms with Crippen molar-refractivity contribution in [3.8, 4) is 0 Å². The Hall–Kier alpha value is -2.46. The molecule has 0 aromatic carbocycles. The SMILES string of the molecule is CCCCCC/C=C\C=C/CCCCCCCC(=O)OC[C@H](COP(=O)(O)OC[C@@H](O)COP(=O)(O)OC[C@@H](COC(=O)CCCCCCCCCC(C)C)OC(=O)CCCCCCCCCCCCCCC)OC(=O)CCCCCCCCCCCCCCCCCC(C)C. The van der Waals surface area contributed by atoms with E-state index in [0.29, 0.717) is 31.6 Å². The molecule has 0 aromatic heterocycles. The van der Waals surface area contributed by atoms with Gasteiger partial charge in [0, 0.05) is 25.7 Å². The van der Waals surface area contributed by atoms with Crippen LogP contribution >= 0.6 is 15.6 Å². The number of hydrogen-bond acceptors (Lipinski definition) is 15. The average molecular weight is 1410 g/mol. The molecular formula is C77H146O17P2. The average Bonchev–Trinajstić information content (AvgIpc) is 1.14. The van der Waals surface area contributed by atoms with E-state index in [1.165, 1.54) is 167 Å². The number of rotatable bonds is 74. The highest BCUT2D eigenvalue weighted by Crippen LogP contribution is 2.45. The zero-order valence-electron chi connectivity index (χ0n) is 62.2. The minimum absolute atomic E-state index is 0.101. The number of esters is 4. The molecule has 5 atom stereocenters. The molecule has 17 nitrogen and oxygen atoms in total. The Morgan fingerprint density at radius 1 is 0.323 bits per heavy atom. The fourth-order valence-electron chi connectivity index (χ4n) is 11.3. The van der Waals surface area contributed by atoms with Gasteiger partial charge in [-0.1, -0.05) is 323 Å². The Balaban J connectivity index is 5.28. The lowest BCUT2D eigenvalue weighted by molar-refractivity contribution is -0.161. The number of allylic oxidation sites excluding steroid dienone is 4. The fourth-order valence-corrected chi connectivity index (χ4v) is 12.9. The second-order valence-electron chi connectivity index (χ2n) is 28.0. The van der Waals surface area contributed by atoms with Crippen LogP contribution in [0.1, 0.15) is 375 Å². The zero-order chi connectivity index (χ0) is 70.7. The Morgan fingerprint density at radius 3 is 0.854 bits per heavy atom. The summed E-state index contributed by atoms with van der Waals surface area (Å²) in [6.45, 7) is 9.51. The summed E-state index contributed by atoms with van der Waals surface area (Å²) >= 11 is 0. The van der Waals surface area contributed by atoms with Gasteiger partial charge in [0.05, 0.1) is 26.4 Å². The van der Waals surface area contributed by atoms with Crippen LogP contribution in [0.5, 0.6) is 0 Å². The quantitative estimate of drug-likeness (QED) is 0.0169. The van der Waals surface area contributed by atoms with E-state index in [-0.39, 0.29) is 25.7 Å². The summed E-state index contributed by atoms with van der Waals surface area (Å²) in [5.74, 6) is -0.640. The highest BCUT2D eigenvalue weighted by molar-refractivity contribution is 7.47. The van der Waals surface area contributed by atoms with Crippen LogP contribution in [0.15, 0.2) is 24.3 Å². The summed E-state index contributed by atoms with van der Waals surface area (Å²) in [4.78, 5) is 72.8. The molecule has 0 aromatic rings. The number of unbranched alkanes of at least 4 members (excludes halogenated alkanes) is 41. The van der Waals surface area contributed by atoms with Crippen LogP contribution in [0.3, 0.4) is 0 Å². The molecule has 0 aliphatic heterocycles. The van der Waals surface area contributed by atoms with Crippen molar-refractivity contribution in [2.75, 3.05) is 39.6 Å². The van der Waals surface area contributed by atoms with Gasteiger partial charge in [-0.2, -0.15) is 0 Å². The standard InChI is InChI=1S/C77H146O17P2/c1-7-9-11-13-15-17-19-21-23-28-31-35-41-47-53-59-74(79)87-65-72(93-77(82)62-56-50-43-37-33-29-25-22-24-27-30-34-39-45-51-57-69(3)4)67-91-95(83,84)89-63-71(78)64-90-96(85,86)92-68-73(66-88-75(80)60-54-48-44-38-40-46-52-58-70(5)6)94-76(81)61-55-49-42-36-32-26-20-18-16-14-12-10-8-2/h17,19,21,23,69-73,78H,7-16,18,20,22,24-68H2,1-6H3,(H,83,84)(H,85,86)/b19-17-,23-21-/t71-,72-,73-/m1/s1. The predicted molar refractivity (Wildman–Crippen MR) is 391 cm³/mol. The number of phosphoric ester groups is 2. The van der Waals surface area contributed by atoms with Gasteiger partial charge in [-0.25, -0.2) is 9.13 Å². The molecule has 0 rings (SSSR count). The third kappa shape index (κ3) is 70.0. The van der Waals surface area contributed by atoms with Gasteiger partial charge in [0.25, 0.3) is 0 Å². The molecule has 0 heterocycles. The molecule has 0 aliphatic carbocycles. The van der Waals surface area contributed by atoms with E-state index in [1.54, 1.807) is 0 Å². The van der Waals surface area contributed by atoms with Gasteiger partial charge in [-0.3, -0.25) is 37.3 Å².